The van der Waals surface area contributed by atoms with Crippen molar-refractivity contribution in [2.45, 2.75) is 45.8 Å². The normalized spacial score (nSPS) is 21.1. The molecule has 5 heteroatoms. The van der Waals surface area contributed by atoms with Gasteiger partial charge in [-0.1, -0.05) is 0 Å². The third kappa shape index (κ3) is 3.73. The van der Waals surface area contributed by atoms with E-state index in [1.54, 1.807) is 16.2 Å². The first-order valence-corrected chi connectivity index (χ1v) is 7.88. The third-order valence-corrected chi connectivity index (χ3v) is 4.58. The number of hydrogen-bond acceptors (Lipinski definition) is 4. The first-order chi connectivity index (χ1) is 9.26. The SMILES string of the molecule is Cc1ccc(C(N)C2CCN(C(=O)OC(C)(C)C)C2)s1. The largest absolute Gasteiger partial charge is 0.444 e. The molecule has 1 saturated heterocycles. The van der Waals surface area contributed by atoms with E-state index in [1.807, 2.05) is 20.8 Å². The van der Waals surface area contributed by atoms with Gasteiger partial charge in [-0.25, -0.2) is 4.79 Å². The molecule has 1 aromatic heterocycles. The highest BCUT2D eigenvalue weighted by Crippen LogP contribution is 2.32. The number of carbonyl (C=O) groups is 1. The molecule has 0 spiro atoms. The van der Waals surface area contributed by atoms with Gasteiger partial charge in [0.2, 0.25) is 0 Å². The zero-order chi connectivity index (χ0) is 14.9. The Morgan fingerprint density at radius 1 is 1.50 bits per heavy atom. The number of rotatable bonds is 2. The second-order valence-electron chi connectivity index (χ2n) is 6.45. The first kappa shape index (κ1) is 15.3. The fraction of sp³-hybridized carbons (Fsp3) is 0.667. The first-order valence-electron chi connectivity index (χ1n) is 7.06. The molecule has 4 nitrogen and oxygen atoms in total. The smallest absolute Gasteiger partial charge is 0.410 e. The van der Waals surface area contributed by atoms with Crippen LogP contribution >= 0.6 is 11.3 Å². The highest BCUT2D eigenvalue weighted by molar-refractivity contribution is 7.12. The molecule has 2 N–H and O–H groups in total. The summed E-state index contributed by atoms with van der Waals surface area (Å²) in [4.78, 5) is 16.3. The van der Waals surface area contributed by atoms with Crippen molar-refractivity contribution >= 4 is 17.4 Å². The van der Waals surface area contributed by atoms with Crippen molar-refractivity contribution in [2.24, 2.45) is 11.7 Å². The van der Waals surface area contributed by atoms with E-state index >= 15 is 0 Å². The number of hydrogen-bond donors (Lipinski definition) is 1. The summed E-state index contributed by atoms with van der Waals surface area (Å²) in [5, 5.41) is 0. The number of ether oxygens (including phenoxy) is 1. The average molecular weight is 296 g/mol. The van der Waals surface area contributed by atoms with Crippen molar-refractivity contribution in [1.29, 1.82) is 0 Å². The van der Waals surface area contributed by atoms with Gasteiger partial charge >= 0.3 is 6.09 Å². The number of amides is 1. The van der Waals surface area contributed by atoms with Gasteiger partial charge in [-0.05, 0) is 52.2 Å². The van der Waals surface area contributed by atoms with Crippen LogP contribution in [0, 0.1) is 12.8 Å². The summed E-state index contributed by atoms with van der Waals surface area (Å²) < 4.78 is 5.41. The molecule has 2 rings (SSSR count). The van der Waals surface area contributed by atoms with Crippen molar-refractivity contribution in [2.75, 3.05) is 13.1 Å². The molecule has 2 heterocycles. The van der Waals surface area contributed by atoms with Crippen LogP contribution in [0.2, 0.25) is 0 Å². The van der Waals surface area contributed by atoms with Crippen LogP contribution in [0.15, 0.2) is 12.1 Å². The van der Waals surface area contributed by atoms with Crippen LogP contribution in [0.3, 0.4) is 0 Å². The lowest BCUT2D eigenvalue weighted by molar-refractivity contribution is 0.0286. The van der Waals surface area contributed by atoms with E-state index in [9.17, 15) is 4.79 Å². The molecule has 1 fully saturated rings. The summed E-state index contributed by atoms with van der Waals surface area (Å²) in [6.07, 6.45) is 0.715. The van der Waals surface area contributed by atoms with Crippen LogP contribution in [-0.4, -0.2) is 29.7 Å². The van der Waals surface area contributed by atoms with E-state index in [0.29, 0.717) is 12.5 Å². The highest BCUT2D eigenvalue weighted by Gasteiger charge is 2.33. The molecule has 1 aliphatic rings. The number of likely N-dealkylation sites (tertiary alicyclic amines) is 1. The van der Waals surface area contributed by atoms with Gasteiger partial charge in [0.25, 0.3) is 0 Å². The Balaban J connectivity index is 1.93. The van der Waals surface area contributed by atoms with Crippen molar-refractivity contribution < 1.29 is 9.53 Å². The number of aryl methyl sites for hydroxylation is 1. The Bertz CT molecular complexity index is 478. The molecule has 0 bridgehead atoms. The molecular weight excluding hydrogens is 272 g/mol. The van der Waals surface area contributed by atoms with Gasteiger partial charge in [-0.2, -0.15) is 0 Å². The monoisotopic (exact) mass is 296 g/mol. The minimum Gasteiger partial charge on any atom is -0.444 e. The fourth-order valence-electron chi connectivity index (χ4n) is 2.44. The van der Waals surface area contributed by atoms with E-state index in [4.69, 9.17) is 10.5 Å². The Kier molecular flexibility index (Phi) is 4.39. The molecule has 2 unspecified atom stereocenters. The number of nitrogens with zero attached hydrogens (tertiary/aromatic N) is 1. The zero-order valence-electron chi connectivity index (χ0n) is 12.7. The Morgan fingerprint density at radius 2 is 2.20 bits per heavy atom. The Morgan fingerprint density at radius 3 is 2.75 bits per heavy atom. The molecule has 0 radical (unpaired) electrons. The van der Waals surface area contributed by atoms with Gasteiger partial charge in [0, 0.05) is 28.9 Å². The maximum atomic E-state index is 12.0. The van der Waals surface area contributed by atoms with Crippen molar-refractivity contribution in [1.82, 2.24) is 4.90 Å². The van der Waals surface area contributed by atoms with E-state index in [-0.39, 0.29) is 12.1 Å². The molecule has 1 aromatic rings. The second-order valence-corrected chi connectivity index (χ2v) is 7.77. The number of carbonyl (C=O) groups excluding carboxylic acids is 1. The molecule has 0 aromatic carbocycles. The average Bonchev–Trinajstić information content (AvgIpc) is 2.94. The van der Waals surface area contributed by atoms with Gasteiger partial charge in [-0.3, -0.25) is 0 Å². The third-order valence-electron chi connectivity index (χ3n) is 3.47. The summed E-state index contributed by atoms with van der Waals surface area (Å²) >= 11 is 1.74. The second kappa shape index (κ2) is 5.74. The lowest BCUT2D eigenvalue weighted by Gasteiger charge is -2.25. The van der Waals surface area contributed by atoms with Crippen molar-refractivity contribution in [3.63, 3.8) is 0 Å². The quantitative estimate of drug-likeness (QED) is 0.911. The predicted octanol–water partition coefficient (Wildman–Crippen LogP) is 3.31. The maximum absolute atomic E-state index is 12.0. The molecule has 1 aliphatic heterocycles. The summed E-state index contributed by atoms with van der Waals surface area (Å²) in [6.45, 7) is 9.17. The highest BCUT2D eigenvalue weighted by atomic mass is 32.1. The number of nitrogens with two attached hydrogens (primary N) is 1. The van der Waals surface area contributed by atoms with Gasteiger partial charge in [0.05, 0.1) is 0 Å². The van der Waals surface area contributed by atoms with Gasteiger partial charge in [0.15, 0.2) is 0 Å². The molecule has 112 valence electrons. The van der Waals surface area contributed by atoms with Crippen LogP contribution < -0.4 is 5.73 Å². The Labute approximate surface area is 124 Å². The minimum absolute atomic E-state index is 0.0149. The molecule has 0 saturated carbocycles. The zero-order valence-corrected chi connectivity index (χ0v) is 13.5. The predicted molar refractivity (Wildman–Crippen MR) is 81.9 cm³/mol. The summed E-state index contributed by atoms with van der Waals surface area (Å²) in [6, 6.07) is 4.21. The van der Waals surface area contributed by atoms with E-state index in [0.717, 1.165) is 13.0 Å². The van der Waals surface area contributed by atoms with Crippen LogP contribution in [-0.2, 0) is 4.74 Å². The lowest BCUT2D eigenvalue weighted by atomic mass is 9.98. The van der Waals surface area contributed by atoms with Crippen LogP contribution in [0.25, 0.3) is 0 Å². The molecule has 20 heavy (non-hydrogen) atoms. The van der Waals surface area contributed by atoms with Crippen molar-refractivity contribution in [3.05, 3.63) is 21.9 Å². The van der Waals surface area contributed by atoms with E-state index in [2.05, 4.69) is 19.1 Å². The number of thiophene rings is 1. The van der Waals surface area contributed by atoms with Crippen molar-refractivity contribution in [3.8, 4) is 0 Å². The topological polar surface area (TPSA) is 55.6 Å². The standard InChI is InChI=1S/C15H24N2O2S/c1-10-5-6-12(20-10)13(16)11-7-8-17(9-11)14(18)19-15(2,3)4/h5-6,11,13H,7-9,16H2,1-4H3. The molecule has 2 atom stereocenters. The van der Waals surface area contributed by atoms with Crippen LogP contribution in [0.4, 0.5) is 4.79 Å². The maximum Gasteiger partial charge on any atom is 0.410 e. The van der Waals surface area contributed by atoms with Gasteiger partial charge in [-0.15, -0.1) is 11.3 Å². The molecule has 1 amide bonds. The van der Waals surface area contributed by atoms with E-state index < -0.39 is 5.60 Å². The summed E-state index contributed by atoms with van der Waals surface area (Å²) in [5.74, 6) is 0.320. The van der Waals surface area contributed by atoms with Crippen LogP contribution in [0.1, 0.15) is 43.0 Å². The summed E-state index contributed by atoms with van der Waals surface area (Å²) in [7, 11) is 0. The van der Waals surface area contributed by atoms with Crippen LogP contribution in [0.5, 0.6) is 0 Å². The van der Waals surface area contributed by atoms with Gasteiger partial charge in [0.1, 0.15) is 5.60 Å². The Hall–Kier alpha value is -1.07. The van der Waals surface area contributed by atoms with Gasteiger partial charge < -0.3 is 15.4 Å². The van der Waals surface area contributed by atoms with E-state index in [1.165, 1.54) is 9.75 Å². The summed E-state index contributed by atoms with van der Waals surface area (Å²) in [5.41, 5.74) is 5.89. The fourth-order valence-corrected chi connectivity index (χ4v) is 3.41. The minimum atomic E-state index is -0.442. The lowest BCUT2D eigenvalue weighted by Crippen LogP contribution is -2.36. The molecular formula is C15H24N2O2S. The molecule has 0 aliphatic carbocycles.